The van der Waals surface area contributed by atoms with Gasteiger partial charge in [-0.25, -0.2) is 0 Å². The SMILES string of the molecule is CCP1(=O)OCC(C)CO1. The van der Waals surface area contributed by atoms with Crippen molar-refractivity contribution in [1.29, 1.82) is 0 Å². The third kappa shape index (κ3) is 1.82. The Morgan fingerprint density at radius 1 is 1.50 bits per heavy atom. The highest BCUT2D eigenvalue weighted by Crippen LogP contribution is 2.50. The van der Waals surface area contributed by atoms with Crippen LogP contribution >= 0.6 is 7.60 Å². The molecule has 10 heavy (non-hydrogen) atoms. The molecule has 0 atom stereocenters. The lowest BCUT2D eigenvalue weighted by Gasteiger charge is -2.25. The minimum atomic E-state index is -2.63. The predicted octanol–water partition coefficient (Wildman–Crippen LogP) is 1.88. The molecule has 1 saturated heterocycles. The number of rotatable bonds is 1. The molecule has 0 aromatic heterocycles. The van der Waals surface area contributed by atoms with Gasteiger partial charge in [0.15, 0.2) is 0 Å². The molecule has 0 saturated carbocycles. The van der Waals surface area contributed by atoms with Gasteiger partial charge in [-0.05, 0) is 0 Å². The highest BCUT2D eigenvalue weighted by Gasteiger charge is 2.28. The summed E-state index contributed by atoms with van der Waals surface area (Å²) >= 11 is 0. The van der Waals surface area contributed by atoms with Crippen LogP contribution < -0.4 is 0 Å². The van der Waals surface area contributed by atoms with E-state index in [-0.39, 0.29) is 0 Å². The summed E-state index contributed by atoms with van der Waals surface area (Å²) < 4.78 is 21.4. The summed E-state index contributed by atoms with van der Waals surface area (Å²) in [6.45, 7) is 4.98. The normalized spacial score (nSPS) is 41.6. The van der Waals surface area contributed by atoms with E-state index in [0.717, 1.165) is 0 Å². The number of hydrogen-bond donors (Lipinski definition) is 0. The van der Waals surface area contributed by atoms with E-state index in [2.05, 4.69) is 0 Å². The van der Waals surface area contributed by atoms with Crippen molar-refractivity contribution in [2.75, 3.05) is 19.4 Å². The van der Waals surface area contributed by atoms with E-state index in [9.17, 15) is 4.57 Å². The molecule has 0 aromatic rings. The van der Waals surface area contributed by atoms with Crippen LogP contribution in [0.2, 0.25) is 0 Å². The molecule has 0 spiro atoms. The Kier molecular flexibility index (Phi) is 2.50. The van der Waals surface area contributed by atoms with Crippen LogP contribution in [0.4, 0.5) is 0 Å². The van der Waals surface area contributed by atoms with E-state index in [4.69, 9.17) is 9.05 Å². The average Bonchev–Trinajstić information content (AvgIpc) is 1.96. The summed E-state index contributed by atoms with van der Waals surface area (Å²) in [5.74, 6) is 0.383. The maximum absolute atomic E-state index is 11.3. The van der Waals surface area contributed by atoms with Gasteiger partial charge in [-0.15, -0.1) is 0 Å². The van der Waals surface area contributed by atoms with Crippen molar-refractivity contribution in [1.82, 2.24) is 0 Å². The predicted molar refractivity (Wildman–Crippen MR) is 39.2 cm³/mol. The third-order valence-corrected chi connectivity index (χ3v) is 3.36. The van der Waals surface area contributed by atoms with Gasteiger partial charge in [-0.2, -0.15) is 0 Å². The van der Waals surface area contributed by atoms with Crippen molar-refractivity contribution >= 4 is 7.60 Å². The van der Waals surface area contributed by atoms with Gasteiger partial charge in [0.1, 0.15) is 0 Å². The molecule has 60 valence electrons. The number of hydrogen-bond acceptors (Lipinski definition) is 3. The van der Waals surface area contributed by atoms with E-state index < -0.39 is 7.60 Å². The molecule has 4 heteroatoms. The summed E-state index contributed by atoms with van der Waals surface area (Å²) in [5.41, 5.74) is 0. The molecule has 0 unspecified atom stereocenters. The Morgan fingerprint density at radius 3 is 2.40 bits per heavy atom. The maximum Gasteiger partial charge on any atom is 0.330 e. The summed E-state index contributed by atoms with van der Waals surface area (Å²) in [5, 5.41) is 0. The summed E-state index contributed by atoms with van der Waals surface area (Å²) in [6, 6.07) is 0. The summed E-state index contributed by atoms with van der Waals surface area (Å²) in [4.78, 5) is 0. The third-order valence-electron chi connectivity index (χ3n) is 1.50. The lowest BCUT2D eigenvalue weighted by atomic mass is 10.2. The Morgan fingerprint density at radius 2 is 2.00 bits per heavy atom. The van der Waals surface area contributed by atoms with Gasteiger partial charge in [-0.3, -0.25) is 4.57 Å². The van der Waals surface area contributed by atoms with Crippen LogP contribution in [0, 0.1) is 5.92 Å². The van der Waals surface area contributed by atoms with Crippen molar-refractivity contribution in [2.24, 2.45) is 5.92 Å². The first kappa shape index (κ1) is 8.25. The minimum absolute atomic E-state index is 0.383. The molecule has 1 aliphatic heterocycles. The fourth-order valence-corrected chi connectivity index (χ4v) is 2.15. The zero-order valence-corrected chi connectivity index (χ0v) is 7.27. The zero-order chi connectivity index (χ0) is 7.61. The highest BCUT2D eigenvalue weighted by atomic mass is 31.2. The van der Waals surface area contributed by atoms with Crippen LogP contribution in [-0.2, 0) is 13.6 Å². The van der Waals surface area contributed by atoms with E-state index in [1.807, 2.05) is 13.8 Å². The Labute approximate surface area is 61.2 Å². The van der Waals surface area contributed by atoms with Crippen molar-refractivity contribution < 1.29 is 13.6 Å². The molecule has 0 bridgehead atoms. The first-order valence-corrected chi connectivity index (χ1v) is 5.27. The van der Waals surface area contributed by atoms with E-state index in [0.29, 0.717) is 25.3 Å². The Hall–Kier alpha value is 0.150. The highest BCUT2D eigenvalue weighted by molar-refractivity contribution is 7.53. The second kappa shape index (κ2) is 3.04. The van der Waals surface area contributed by atoms with Gasteiger partial charge >= 0.3 is 7.60 Å². The van der Waals surface area contributed by atoms with Crippen molar-refractivity contribution in [3.05, 3.63) is 0 Å². The van der Waals surface area contributed by atoms with Crippen LogP contribution in [0.15, 0.2) is 0 Å². The minimum Gasteiger partial charge on any atom is -0.308 e. The largest absolute Gasteiger partial charge is 0.330 e. The van der Waals surface area contributed by atoms with Crippen molar-refractivity contribution in [3.8, 4) is 0 Å². The standard InChI is InChI=1S/C6H13O3P/c1-3-10(7)8-4-6(2)5-9-10/h6H,3-5H2,1-2H3. The molecular weight excluding hydrogens is 151 g/mol. The van der Waals surface area contributed by atoms with Crippen molar-refractivity contribution in [2.45, 2.75) is 13.8 Å². The second-order valence-corrected chi connectivity index (χ2v) is 4.99. The molecule has 1 fully saturated rings. The Balaban J connectivity index is 2.46. The summed E-state index contributed by atoms with van der Waals surface area (Å²) in [6.07, 6.45) is 0.486. The first-order chi connectivity index (χ1) is 4.66. The van der Waals surface area contributed by atoms with Gasteiger partial charge in [0, 0.05) is 12.1 Å². The molecule has 1 heterocycles. The fourth-order valence-electron chi connectivity index (χ4n) is 0.750. The van der Waals surface area contributed by atoms with Gasteiger partial charge in [-0.1, -0.05) is 13.8 Å². The molecule has 0 radical (unpaired) electrons. The lowest BCUT2D eigenvalue weighted by Crippen LogP contribution is -2.18. The van der Waals surface area contributed by atoms with Gasteiger partial charge in [0.2, 0.25) is 0 Å². The monoisotopic (exact) mass is 164 g/mol. The molecule has 0 aliphatic carbocycles. The molecule has 1 rings (SSSR count). The Bertz CT molecular complexity index is 145. The molecule has 0 N–H and O–H groups in total. The fraction of sp³-hybridized carbons (Fsp3) is 1.00. The first-order valence-electron chi connectivity index (χ1n) is 3.54. The summed E-state index contributed by atoms with van der Waals surface area (Å²) in [7, 11) is -2.63. The average molecular weight is 164 g/mol. The van der Waals surface area contributed by atoms with E-state index >= 15 is 0 Å². The lowest BCUT2D eigenvalue weighted by molar-refractivity contribution is 0.102. The molecule has 3 nitrogen and oxygen atoms in total. The quantitative estimate of drug-likeness (QED) is 0.555. The van der Waals surface area contributed by atoms with Crippen LogP contribution in [-0.4, -0.2) is 19.4 Å². The van der Waals surface area contributed by atoms with Gasteiger partial charge < -0.3 is 9.05 Å². The molecular formula is C6H13O3P. The van der Waals surface area contributed by atoms with Crippen LogP contribution in [0.3, 0.4) is 0 Å². The van der Waals surface area contributed by atoms with E-state index in [1.54, 1.807) is 0 Å². The van der Waals surface area contributed by atoms with Crippen LogP contribution in [0.25, 0.3) is 0 Å². The zero-order valence-electron chi connectivity index (χ0n) is 6.37. The second-order valence-electron chi connectivity index (χ2n) is 2.62. The maximum atomic E-state index is 11.3. The van der Waals surface area contributed by atoms with Crippen molar-refractivity contribution in [3.63, 3.8) is 0 Å². The van der Waals surface area contributed by atoms with Gasteiger partial charge in [0.05, 0.1) is 13.2 Å². The topological polar surface area (TPSA) is 35.5 Å². The molecule has 0 amide bonds. The van der Waals surface area contributed by atoms with E-state index in [1.165, 1.54) is 0 Å². The molecule has 1 aliphatic rings. The smallest absolute Gasteiger partial charge is 0.308 e. The van der Waals surface area contributed by atoms with Crippen LogP contribution in [0.5, 0.6) is 0 Å². The molecule has 0 aromatic carbocycles. The van der Waals surface area contributed by atoms with Crippen LogP contribution in [0.1, 0.15) is 13.8 Å². The van der Waals surface area contributed by atoms with Gasteiger partial charge in [0.25, 0.3) is 0 Å².